The van der Waals surface area contributed by atoms with E-state index in [1.54, 1.807) is 6.26 Å². The fraction of sp³-hybridized carbons (Fsp3) is 0.286. The number of hydrogen-bond acceptors (Lipinski definition) is 3. The predicted molar refractivity (Wildman–Crippen MR) is 66.7 cm³/mol. The molecule has 90 valence electrons. The molecule has 2 rings (SSSR count). The van der Waals surface area contributed by atoms with Crippen molar-refractivity contribution in [2.45, 2.75) is 26.0 Å². The molecular weight excluding hydrogens is 214 g/mol. The summed E-state index contributed by atoms with van der Waals surface area (Å²) >= 11 is 0. The Bertz CT molecular complexity index is 434. The van der Waals surface area contributed by atoms with Crippen molar-refractivity contribution in [1.82, 2.24) is 0 Å². The van der Waals surface area contributed by atoms with Gasteiger partial charge in [0.05, 0.1) is 6.26 Å². The fourth-order valence-electron chi connectivity index (χ4n) is 1.60. The van der Waals surface area contributed by atoms with Gasteiger partial charge in [0, 0.05) is 6.04 Å². The van der Waals surface area contributed by atoms with Crippen LogP contribution in [0.15, 0.2) is 47.1 Å². The molecule has 0 bridgehead atoms. The lowest BCUT2D eigenvalue weighted by atomic mass is 10.1. The summed E-state index contributed by atoms with van der Waals surface area (Å²) in [6, 6.07) is 11.7. The molecule has 1 aromatic carbocycles. The maximum Gasteiger partial charge on any atom is 0.146 e. The standard InChI is InChI=1S/C14H17NO2/c1-2-14(15)11-5-7-12(8-6-11)17-10-13-4-3-9-16-13/h3-9,14H,2,10,15H2,1H3/t14-/m1/s1. The van der Waals surface area contributed by atoms with Crippen LogP contribution in [-0.2, 0) is 6.61 Å². The predicted octanol–water partition coefficient (Wildman–Crippen LogP) is 3.27. The number of rotatable bonds is 5. The van der Waals surface area contributed by atoms with E-state index in [1.807, 2.05) is 36.4 Å². The van der Waals surface area contributed by atoms with Crippen LogP contribution >= 0.6 is 0 Å². The summed E-state index contributed by atoms with van der Waals surface area (Å²) in [5, 5.41) is 0. The molecule has 3 heteroatoms. The molecule has 0 fully saturated rings. The van der Waals surface area contributed by atoms with Crippen LogP contribution in [0, 0.1) is 0 Å². The van der Waals surface area contributed by atoms with Crippen molar-refractivity contribution < 1.29 is 9.15 Å². The summed E-state index contributed by atoms with van der Waals surface area (Å²) in [6.07, 6.45) is 2.58. The van der Waals surface area contributed by atoms with Crippen molar-refractivity contribution in [3.63, 3.8) is 0 Å². The van der Waals surface area contributed by atoms with E-state index in [2.05, 4.69) is 6.92 Å². The summed E-state index contributed by atoms with van der Waals surface area (Å²) in [4.78, 5) is 0. The molecule has 2 aromatic rings. The Morgan fingerprint density at radius 2 is 2.00 bits per heavy atom. The molecule has 0 saturated heterocycles. The van der Waals surface area contributed by atoms with E-state index < -0.39 is 0 Å². The average Bonchev–Trinajstić information content (AvgIpc) is 2.89. The Balaban J connectivity index is 1.94. The van der Waals surface area contributed by atoms with Crippen LogP contribution in [0.25, 0.3) is 0 Å². The van der Waals surface area contributed by atoms with Crippen LogP contribution in [0.3, 0.4) is 0 Å². The van der Waals surface area contributed by atoms with Gasteiger partial charge in [-0.05, 0) is 36.2 Å². The van der Waals surface area contributed by atoms with Gasteiger partial charge in [-0.2, -0.15) is 0 Å². The summed E-state index contributed by atoms with van der Waals surface area (Å²) in [6.45, 7) is 2.53. The Morgan fingerprint density at radius 3 is 2.59 bits per heavy atom. The fourth-order valence-corrected chi connectivity index (χ4v) is 1.60. The monoisotopic (exact) mass is 231 g/mol. The Kier molecular flexibility index (Phi) is 3.83. The van der Waals surface area contributed by atoms with Crippen molar-refractivity contribution in [2.75, 3.05) is 0 Å². The van der Waals surface area contributed by atoms with E-state index >= 15 is 0 Å². The van der Waals surface area contributed by atoms with Gasteiger partial charge in [0.2, 0.25) is 0 Å². The van der Waals surface area contributed by atoms with Crippen LogP contribution in [0.5, 0.6) is 5.75 Å². The second kappa shape index (κ2) is 5.55. The first-order chi connectivity index (χ1) is 8.29. The normalized spacial score (nSPS) is 12.4. The molecular formula is C14H17NO2. The number of benzene rings is 1. The lowest BCUT2D eigenvalue weighted by Crippen LogP contribution is -2.08. The second-order valence-corrected chi connectivity index (χ2v) is 3.95. The first kappa shape index (κ1) is 11.7. The van der Waals surface area contributed by atoms with Gasteiger partial charge in [0.25, 0.3) is 0 Å². The number of nitrogens with two attached hydrogens (primary N) is 1. The Hall–Kier alpha value is -1.74. The van der Waals surface area contributed by atoms with Crippen molar-refractivity contribution in [1.29, 1.82) is 0 Å². The van der Waals surface area contributed by atoms with Crippen LogP contribution < -0.4 is 10.5 Å². The minimum atomic E-state index is 0.106. The molecule has 3 nitrogen and oxygen atoms in total. The molecule has 0 spiro atoms. The molecule has 0 saturated carbocycles. The zero-order valence-electron chi connectivity index (χ0n) is 9.93. The zero-order valence-corrected chi connectivity index (χ0v) is 9.93. The second-order valence-electron chi connectivity index (χ2n) is 3.95. The molecule has 0 radical (unpaired) electrons. The van der Waals surface area contributed by atoms with Crippen molar-refractivity contribution in [3.05, 3.63) is 54.0 Å². The third kappa shape index (κ3) is 3.11. The first-order valence-electron chi connectivity index (χ1n) is 5.80. The van der Waals surface area contributed by atoms with E-state index in [9.17, 15) is 0 Å². The molecule has 2 N–H and O–H groups in total. The number of hydrogen-bond donors (Lipinski definition) is 1. The average molecular weight is 231 g/mol. The van der Waals surface area contributed by atoms with Crippen molar-refractivity contribution in [3.8, 4) is 5.75 Å². The highest BCUT2D eigenvalue weighted by molar-refractivity contribution is 5.29. The molecule has 17 heavy (non-hydrogen) atoms. The van der Waals surface area contributed by atoms with Gasteiger partial charge in [-0.15, -0.1) is 0 Å². The molecule has 0 unspecified atom stereocenters. The van der Waals surface area contributed by atoms with E-state index in [4.69, 9.17) is 14.9 Å². The lowest BCUT2D eigenvalue weighted by Gasteiger charge is -2.10. The van der Waals surface area contributed by atoms with Crippen LogP contribution in [0.1, 0.15) is 30.7 Å². The van der Waals surface area contributed by atoms with Crippen LogP contribution in [0.2, 0.25) is 0 Å². The van der Waals surface area contributed by atoms with Gasteiger partial charge in [-0.3, -0.25) is 0 Å². The van der Waals surface area contributed by atoms with Crippen molar-refractivity contribution >= 4 is 0 Å². The van der Waals surface area contributed by atoms with E-state index in [-0.39, 0.29) is 6.04 Å². The molecule has 0 aliphatic heterocycles. The third-order valence-electron chi connectivity index (χ3n) is 2.71. The lowest BCUT2D eigenvalue weighted by molar-refractivity contribution is 0.270. The maximum atomic E-state index is 5.94. The van der Waals surface area contributed by atoms with E-state index in [0.29, 0.717) is 6.61 Å². The van der Waals surface area contributed by atoms with Gasteiger partial charge < -0.3 is 14.9 Å². The molecule has 1 heterocycles. The van der Waals surface area contributed by atoms with Gasteiger partial charge >= 0.3 is 0 Å². The maximum absolute atomic E-state index is 5.94. The number of ether oxygens (including phenoxy) is 1. The minimum absolute atomic E-state index is 0.106. The number of furan rings is 1. The van der Waals surface area contributed by atoms with Gasteiger partial charge in [0.1, 0.15) is 18.1 Å². The van der Waals surface area contributed by atoms with Gasteiger partial charge in [-0.25, -0.2) is 0 Å². The largest absolute Gasteiger partial charge is 0.486 e. The van der Waals surface area contributed by atoms with Crippen LogP contribution in [-0.4, -0.2) is 0 Å². The SMILES string of the molecule is CC[C@@H](N)c1ccc(OCc2ccco2)cc1. The van der Waals surface area contributed by atoms with Crippen molar-refractivity contribution in [2.24, 2.45) is 5.73 Å². The third-order valence-corrected chi connectivity index (χ3v) is 2.71. The summed E-state index contributed by atoms with van der Waals surface area (Å²) in [5.41, 5.74) is 7.08. The highest BCUT2D eigenvalue weighted by atomic mass is 16.5. The van der Waals surface area contributed by atoms with Gasteiger partial charge in [0.15, 0.2) is 0 Å². The topological polar surface area (TPSA) is 48.4 Å². The van der Waals surface area contributed by atoms with Gasteiger partial charge in [-0.1, -0.05) is 19.1 Å². The molecule has 1 atom stereocenters. The van der Waals surface area contributed by atoms with E-state index in [1.165, 1.54) is 0 Å². The molecule has 1 aromatic heterocycles. The van der Waals surface area contributed by atoms with E-state index in [0.717, 1.165) is 23.5 Å². The van der Waals surface area contributed by atoms with Crippen LogP contribution in [0.4, 0.5) is 0 Å². The summed E-state index contributed by atoms with van der Waals surface area (Å²) in [5.74, 6) is 1.65. The Morgan fingerprint density at radius 1 is 1.24 bits per heavy atom. The zero-order chi connectivity index (χ0) is 12.1. The summed E-state index contributed by atoms with van der Waals surface area (Å²) < 4.78 is 10.8. The first-order valence-corrected chi connectivity index (χ1v) is 5.80. The minimum Gasteiger partial charge on any atom is -0.486 e. The summed E-state index contributed by atoms with van der Waals surface area (Å²) in [7, 11) is 0. The highest BCUT2D eigenvalue weighted by Gasteiger charge is 2.03. The highest BCUT2D eigenvalue weighted by Crippen LogP contribution is 2.19. The molecule has 0 aliphatic carbocycles. The Labute approximate surface area is 101 Å². The quantitative estimate of drug-likeness (QED) is 0.859. The smallest absolute Gasteiger partial charge is 0.146 e. The molecule has 0 aliphatic rings. The molecule has 0 amide bonds.